The molecule has 0 aliphatic carbocycles. The molecule has 5 nitrogen and oxygen atoms in total. The minimum Gasteiger partial charge on any atom is -0.465 e. The van der Waals surface area contributed by atoms with Crippen molar-refractivity contribution in [1.29, 1.82) is 0 Å². The third-order valence-electron chi connectivity index (χ3n) is 3.59. The zero-order valence-corrected chi connectivity index (χ0v) is 11.9. The van der Waals surface area contributed by atoms with E-state index in [1.165, 1.54) is 7.11 Å². The first-order valence-electron chi connectivity index (χ1n) is 6.53. The van der Waals surface area contributed by atoms with Crippen molar-refractivity contribution < 1.29 is 14.3 Å². The highest BCUT2D eigenvalue weighted by Gasteiger charge is 2.20. The lowest BCUT2D eigenvalue weighted by molar-refractivity contribution is 0.0600. The number of halogens is 1. The van der Waals surface area contributed by atoms with Gasteiger partial charge in [-0.05, 0) is 18.9 Å². The molecular weight excluding hydrogens is 280 g/mol. The Balaban J connectivity index is 2.01. The van der Waals surface area contributed by atoms with E-state index in [4.69, 9.17) is 21.1 Å². The molecule has 0 radical (unpaired) electrons. The second-order valence-electron chi connectivity index (χ2n) is 4.85. The van der Waals surface area contributed by atoms with Gasteiger partial charge in [0.2, 0.25) is 0 Å². The predicted molar refractivity (Wildman–Crippen MR) is 74.3 cm³/mol. The maximum Gasteiger partial charge on any atom is 0.339 e. The summed E-state index contributed by atoms with van der Waals surface area (Å²) in [6.45, 7) is 1.53. The number of hydrogen-bond donors (Lipinski definition) is 0. The van der Waals surface area contributed by atoms with E-state index in [1.807, 2.05) is 6.20 Å². The van der Waals surface area contributed by atoms with Gasteiger partial charge in [0, 0.05) is 31.5 Å². The number of pyridine rings is 1. The number of carbonyl (C=O) groups is 1. The van der Waals surface area contributed by atoms with Crippen molar-refractivity contribution in [2.75, 3.05) is 20.3 Å². The number of fused-ring (bicyclic) bond motifs is 1. The van der Waals surface area contributed by atoms with Crippen molar-refractivity contribution in [1.82, 2.24) is 9.38 Å². The van der Waals surface area contributed by atoms with E-state index in [9.17, 15) is 4.79 Å². The molecule has 1 saturated heterocycles. The molecule has 6 heteroatoms. The lowest BCUT2D eigenvalue weighted by Crippen LogP contribution is -2.14. The summed E-state index contributed by atoms with van der Waals surface area (Å²) in [5.74, 6) is -0.0172. The van der Waals surface area contributed by atoms with E-state index in [0.717, 1.165) is 31.7 Å². The third-order valence-corrected chi connectivity index (χ3v) is 3.86. The summed E-state index contributed by atoms with van der Waals surface area (Å²) in [7, 11) is 1.35. The van der Waals surface area contributed by atoms with E-state index in [2.05, 4.69) is 4.98 Å². The lowest BCUT2D eigenvalue weighted by Gasteiger charge is -2.19. The monoisotopic (exact) mass is 294 g/mol. The maximum atomic E-state index is 11.6. The van der Waals surface area contributed by atoms with Crippen LogP contribution < -0.4 is 0 Å². The zero-order valence-electron chi connectivity index (χ0n) is 11.1. The standard InChI is InChI=1S/C14H15ClN2O3/c1-19-14(18)10-6-11(15)13-16-12(8-17(13)7-10)9-2-4-20-5-3-9/h6-9H,2-5H2,1H3. The number of aromatic nitrogens is 2. The molecule has 2 aromatic heterocycles. The van der Waals surface area contributed by atoms with Gasteiger partial charge in [-0.2, -0.15) is 0 Å². The molecule has 0 atom stereocenters. The topological polar surface area (TPSA) is 52.8 Å². The van der Waals surface area contributed by atoms with Crippen LogP contribution in [0.2, 0.25) is 5.02 Å². The summed E-state index contributed by atoms with van der Waals surface area (Å²) in [5.41, 5.74) is 2.08. The molecule has 0 bridgehead atoms. The molecule has 0 N–H and O–H groups in total. The van der Waals surface area contributed by atoms with Crippen molar-refractivity contribution in [2.24, 2.45) is 0 Å². The third kappa shape index (κ3) is 2.39. The average molecular weight is 295 g/mol. The highest BCUT2D eigenvalue weighted by molar-refractivity contribution is 6.33. The van der Waals surface area contributed by atoms with Crippen LogP contribution in [0, 0.1) is 0 Å². The van der Waals surface area contributed by atoms with Crippen molar-refractivity contribution in [3.63, 3.8) is 0 Å². The van der Waals surface area contributed by atoms with Crippen molar-refractivity contribution in [2.45, 2.75) is 18.8 Å². The molecular formula is C14H15ClN2O3. The van der Waals surface area contributed by atoms with E-state index in [-0.39, 0.29) is 0 Å². The van der Waals surface area contributed by atoms with Gasteiger partial charge in [0.05, 0.1) is 23.4 Å². The Bertz CT molecular complexity index is 647. The van der Waals surface area contributed by atoms with Crippen LogP contribution in [0.3, 0.4) is 0 Å². The van der Waals surface area contributed by atoms with Gasteiger partial charge in [-0.1, -0.05) is 11.6 Å². The Morgan fingerprint density at radius 2 is 2.20 bits per heavy atom. The summed E-state index contributed by atoms with van der Waals surface area (Å²) in [5, 5.41) is 0.450. The molecule has 0 aromatic carbocycles. The normalized spacial score (nSPS) is 16.5. The SMILES string of the molecule is COC(=O)c1cc(Cl)c2nc(C3CCOCC3)cn2c1. The Kier molecular flexibility index (Phi) is 3.63. The number of rotatable bonds is 2. The minimum absolute atomic E-state index is 0.390. The van der Waals surface area contributed by atoms with Crippen molar-refractivity contribution >= 4 is 23.2 Å². The zero-order chi connectivity index (χ0) is 14.1. The number of esters is 1. The molecule has 0 saturated carbocycles. The first-order valence-corrected chi connectivity index (χ1v) is 6.91. The van der Waals surface area contributed by atoms with E-state index in [1.54, 1.807) is 16.7 Å². The Labute approximate surface area is 121 Å². The summed E-state index contributed by atoms with van der Waals surface area (Å²) in [6.07, 6.45) is 5.56. The molecule has 106 valence electrons. The highest BCUT2D eigenvalue weighted by atomic mass is 35.5. The van der Waals surface area contributed by atoms with Crippen LogP contribution in [0.5, 0.6) is 0 Å². The van der Waals surface area contributed by atoms with Crippen LogP contribution >= 0.6 is 11.6 Å². The molecule has 0 unspecified atom stereocenters. The first-order chi connectivity index (χ1) is 9.69. The number of carbonyl (C=O) groups excluding carboxylic acids is 1. The number of imidazole rings is 1. The van der Waals surface area contributed by atoms with Crippen LogP contribution in [0.15, 0.2) is 18.5 Å². The number of ether oxygens (including phenoxy) is 2. The lowest BCUT2D eigenvalue weighted by atomic mass is 9.97. The molecule has 0 amide bonds. The molecule has 1 aliphatic rings. The number of nitrogens with zero attached hydrogens (tertiary/aromatic N) is 2. The van der Waals surface area contributed by atoms with Gasteiger partial charge in [-0.15, -0.1) is 0 Å². The van der Waals surface area contributed by atoms with E-state index in [0.29, 0.717) is 22.2 Å². The fourth-order valence-corrected chi connectivity index (χ4v) is 2.75. The maximum absolute atomic E-state index is 11.6. The summed E-state index contributed by atoms with van der Waals surface area (Å²) >= 11 is 6.20. The average Bonchev–Trinajstić information content (AvgIpc) is 2.92. The second kappa shape index (κ2) is 5.42. The Morgan fingerprint density at radius 1 is 1.45 bits per heavy atom. The van der Waals surface area contributed by atoms with Gasteiger partial charge in [0.25, 0.3) is 0 Å². The first kappa shape index (κ1) is 13.4. The van der Waals surface area contributed by atoms with E-state index < -0.39 is 5.97 Å². The molecule has 3 rings (SSSR count). The second-order valence-corrected chi connectivity index (χ2v) is 5.26. The fraction of sp³-hybridized carbons (Fsp3) is 0.429. The van der Waals surface area contributed by atoms with Gasteiger partial charge in [0.15, 0.2) is 5.65 Å². The molecule has 20 heavy (non-hydrogen) atoms. The number of methoxy groups -OCH3 is 1. The van der Waals surface area contributed by atoms with Crippen LogP contribution in [0.25, 0.3) is 5.65 Å². The molecule has 1 fully saturated rings. The molecule has 0 spiro atoms. The predicted octanol–water partition coefficient (Wildman–Crippen LogP) is 2.67. The summed E-state index contributed by atoms with van der Waals surface area (Å²) in [6, 6.07) is 1.59. The molecule has 2 aromatic rings. The number of hydrogen-bond acceptors (Lipinski definition) is 4. The molecule has 1 aliphatic heterocycles. The fourth-order valence-electron chi connectivity index (χ4n) is 2.50. The quantitative estimate of drug-likeness (QED) is 0.799. The smallest absolute Gasteiger partial charge is 0.339 e. The Hall–Kier alpha value is -1.59. The van der Waals surface area contributed by atoms with E-state index >= 15 is 0 Å². The van der Waals surface area contributed by atoms with Crippen LogP contribution in [0.4, 0.5) is 0 Å². The summed E-state index contributed by atoms with van der Waals surface area (Å²) < 4.78 is 11.9. The minimum atomic E-state index is -0.407. The van der Waals surface area contributed by atoms with Crippen LogP contribution in [-0.2, 0) is 9.47 Å². The van der Waals surface area contributed by atoms with Crippen LogP contribution in [-0.4, -0.2) is 35.7 Å². The largest absolute Gasteiger partial charge is 0.465 e. The van der Waals surface area contributed by atoms with Gasteiger partial charge in [-0.3, -0.25) is 0 Å². The van der Waals surface area contributed by atoms with Crippen molar-refractivity contribution in [3.8, 4) is 0 Å². The summed E-state index contributed by atoms with van der Waals surface area (Å²) in [4.78, 5) is 16.2. The highest BCUT2D eigenvalue weighted by Crippen LogP contribution is 2.28. The molecule has 3 heterocycles. The van der Waals surface area contributed by atoms with Gasteiger partial charge >= 0.3 is 5.97 Å². The van der Waals surface area contributed by atoms with Crippen LogP contribution in [0.1, 0.15) is 34.8 Å². The van der Waals surface area contributed by atoms with Gasteiger partial charge in [-0.25, -0.2) is 9.78 Å². The van der Waals surface area contributed by atoms with Gasteiger partial charge < -0.3 is 13.9 Å². The van der Waals surface area contributed by atoms with Gasteiger partial charge in [0.1, 0.15) is 0 Å². The van der Waals surface area contributed by atoms with Crippen molar-refractivity contribution in [3.05, 3.63) is 34.7 Å². The Morgan fingerprint density at radius 3 is 2.90 bits per heavy atom.